The van der Waals surface area contributed by atoms with Crippen LogP contribution in [-0.4, -0.2) is 9.73 Å². The molecule has 0 aliphatic carbocycles. The maximum atomic E-state index is 13.4. The average Bonchev–Trinajstić information content (AvgIpc) is 2.36. The predicted octanol–water partition coefficient (Wildman–Crippen LogP) is 4.42. The first-order chi connectivity index (χ1) is 9.67. The van der Waals surface area contributed by atoms with Gasteiger partial charge in [0.15, 0.2) is 0 Å². The van der Waals surface area contributed by atoms with E-state index in [1.807, 2.05) is 6.92 Å². The molecule has 1 atom stereocenters. The number of pyridine rings is 1. The first-order valence-electron chi connectivity index (χ1n) is 6.63. The third-order valence-electron chi connectivity index (χ3n) is 2.92. The molecule has 114 valence electrons. The molecule has 0 aliphatic heterocycles. The highest BCUT2D eigenvalue weighted by atomic mass is 35.5. The molecule has 0 spiro atoms. The zero-order valence-corrected chi connectivity index (χ0v) is 14.0. The molecule has 0 amide bonds. The van der Waals surface area contributed by atoms with Crippen LogP contribution in [0.25, 0.3) is 10.9 Å². The van der Waals surface area contributed by atoms with Gasteiger partial charge in [0.2, 0.25) is 0 Å². The standard InChI is InChI=1S/C15H18ClFN2OS/c1-8(19-21-15(2,3)4)10-5-9-6-11(16)12(17)7-13(9)18-14(10)20/h5-8,19H,1-4H3,(H,18,20). The van der Waals surface area contributed by atoms with E-state index in [1.165, 1.54) is 12.1 Å². The fourth-order valence-corrected chi connectivity index (χ4v) is 2.70. The van der Waals surface area contributed by atoms with Crippen LogP contribution in [0.5, 0.6) is 0 Å². The van der Waals surface area contributed by atoms with E-state index in [2.05, 4.69) is 30.5 Å². The first-order valence-corrected chi connectivity index (χ1v) is 7.82. The summed E-state index contributed by atoms with van der Waals surface area (Å²) in [4.78, 5) is 14.8. The van der Waals surface area contributed by atoms with Crippen molar-refractivity contribution in [2.75, 3.05) is 0 Å². The lowest BCUT2D eigenvalue weighted by molar-refractivity contribution is 0.629. The summed E-state index contributed by atoms with van der Waals surface area (Å²) in [6.45, 7) is 8.18. The Morgan fingerprint density at radius 3 is 2.62 bits per heavy atom. The average molecular weight is 329 g/mol. The largest absolute Gasteiger partial charge is 0.322 e. The fraction of sp³-hybridized carbons (Fsp3) is 0.400. The molecule has 2 aromatic rings. The Labute approximate surface area is 132 Å². The van der Waals surface area contributed by atoms with Crippen molar-refractivity contribution in [3.05, 3.63) is 45.0 Å². The monoisotopic (exact) mass is 328 g/mol. The van der Waals surface area contributed by atoms with Gasteiger partial charge in [-0.3, -0.25) is 9.52 Å². The Morgan fingerprint density at radius 1 is 1.33 bits per heavy atom. The number of aromatic nitrogens is 1. The second kappa shape index (κ2) is 5.99. The van der Waals surface area contributed by atoms with Crippen LogP contribution < -0.4 is 10.3 Å². The van der Waals surface area contributed by atoms with Crippen LogP contribution in [0.4, 0.5) is 4.39 Å². The van der Waals surface area contributed by atoms with E-state index in [0.29, 0.717) is 16.5 Å². The van der Waals surface area contributed by atoms with Crippen LogP contribution in [0.2, 0.25) is 5.02 Å². The van der Waals surface area contributed by atoms with Gasteiger partial charge in [0.05, 0.1) is 10.5 Å². The molecule has 3 nitrogen and oxygen atoms in total. The Morgan fingerprint density at radius 2 is 2.00 bits per heavy atom. The number of benzene rings is 1. The normalized spacial score (nSPS) is 13.6. The van der Waals surface area contributed by atoms with Gasteiger partial charge in [0, 0.05) is 21.7 Å². The Kier molecular flexibility index (Phi) is 4.66. The maximum absolute atomic E-state index is 13.4. The molecular weight excluding hydrogens is 311 g/mol. The van der Waals surface area contributed by atoms with Crippen molar-refractivity contribution in [2.45, 2.75) is 38.5 Å². The molecule has 0 radical (unpaired) electrons. The molecule has 0 saturated heterocycles. The molecule has 21 heavy (non-hydrogen) atoms. The van der Waals surface area contributed by atoms with Crippen LogP contribution in [-0.2, 0) is 0 Å². The second-order valence-electron chi connectivity index (χ2n) is 5.96. The number of fused-ring (bicyclic) bond motifs is 1. The lowest BCUT2D eigenvalue weighted by atomic mass is 10.1. The van der Waals surface area contributed by atoms with Crippen molar-refractivity contribution in [3.63, 3.8) is 0 Å². The zero-order valence-electron chi connectivity index (χ0n) is 12.4. The van der Waals surface area contributed by atoms with Gasteiger partial charge in [-0.25, -0.2) is 4.39 Å². The highest BCUT2D eigenvalue weighted by molar-refractivity contribution is 7.98. The van der Waals surface area contributed by atoms with Crippen molar-refractivity contribution in [2.24, 2.45) is 0 Å². The van der Waals surface area contributed by atoms with E-state index in [-0.39, 0.29) is 21.4 Å². The SMILES string of the molecule is CC(NSC(C)(C)C)c1cc2cc(Cl)c(F)cc2[nH]c1=O. The first kappa shape index (κ1) is 16.3. The summed E-state index contributed by atoms with van der Waals surface area (Å²) in [7, 11) is 0. The summed E-state index contributed by atoms with van der Waals surface area (Å²) < 4.78 is 16.7. The molecule has 1 aromatic heterocycles. The predicted molar refractivity (Wildman–Crippen MR) is 88.4 cm³/mol. The van der Waals surface area contributed by atoms with E-state index in [0.717, 1.165) is 0 Å². The summed E-state index contributed by atoms with van der Waals surface area (Å²) in [6, 6.07) is 4.38. The van der Waals surface area contributed by atoms with Gasteiger partial charge in [0.1, 0.15) is 5.82 Å². The van der Waals surface area contributed by atoms with E-state index < -0.39 is 5.82 Å². The third kappa shape index (κ3) is 3.99. The van der Waals surface area contributed by atoms with Crippen molar-refractivity contribution >= 4 is 34.5 Å². The number of H-pyrrole nitrogens is 1. The molecular formula is C15H18ClFN2OS. The maximum Gasteiger partial charge on any atom is 0.253 e. The molecule has 0 saturated carbocycles. The molecule has 6 heteroatoms. The quantitative estimate of drug-likeness (QED) is 0.820. The van der Waals surface area contributed by atoms with E-state index in [9.17, 15) is 9.18 Å². The minimum absolute atomic E-state index is 0.0459. The summed E-state index contributed by atoms with van der Waals surface area (Å²) >= 11 is 7.36. The molecule has 1 aromatic carbocycles. The van der Waals surface area contributed by atoms with Gasteiger partial charge < -0.3 is 4.98 Å². The highest BCUT2D eigenvalue weighted by Crippen LogP contribution is 2.26. The van der Waals surface area contributed by atoms with Gasteiger partial charge >= 0.3 is 0 Å². The number of hydrogen-bond donors (Lipinski definition) is 2. The van der Waals surface area contributed by atoms with Gasteiger partial charge in [-0.05, 0) is 45.9 Å². The second-order valence-corrected chi connectivity index (χ2v) is 8.03. The molecule has 0 bridgehead atoms. The fourth-order valence-electron chi connectivity index (χ4n) is 1.87. The van der Waals surface area contributed by atoms with Crippen LogP contribution in [0, 0.1) is 5.82 Å². The minimum atomic E-state index is -0.540. The molecule has 1 heterocycles. The van der Waals surface area contributed by atoms with E-state index >= 15 is 0 Å². The Hall–Kier alpha value is -1.04. The van der Waals surface area contributed by atoms with Crippen molar-refractivity contribution in [1.82, 2.24) is 9.71 Å². The summed E-state index contributed by atoms with van der Waals surface area (Å²) in [5, 5.41) is 0.760. The van der Waals surface area contributed by atoms with Crippen molar-refractivity contribution < 1.29 is 4.39 Å². The molecule has 0 fully saturated rings. The number of hydrogen-bond acceptors (Lipinski definition) is 3. The smallest absolute Gasteiger partial charge is 0.253 e. The minimum Gasteiger partial charge on any atom is -0.322 e. The molecule has 2 N–H and O–H groups in total. The molecule has 1 unspecified atom stereocenters. The zero-order chi connectivity index (χ0) is 15.8. The lowest BCUT2D eigenvalue weighted by Gasteiger charge is -2.21. The number of rotatable bonds is 3. The van der Waals surface area contributed by atoms with Gasteiger partial charge in [-0.15, -0.1) is 0 Å². The Bertz CT molecular complexity index is 724. The summed E-state index contributed by atoms with van der Waals surface area (Å²) in [5.74, 6) is -0.540. The molecule has 0 aliphatic rings. The van der Waals surface area contributed by atoms with E-state index in [1.54, 1.807) is 18.0 Å². The third-order valence-corrected chi connectivity index (χ3v) is 4.30. The molecule has 2 rings (SSSR count). The van der Waals surface area contributed by atoms with E-state index in [4.69, 9.17) is 11.6 Å². The van der Waals surface area contributed by atoms with Gasteiger partial charge in [-0.1, -0.05) is 23.5 Å². The number of halogens is 2. The van der Waals surface area contributed by atoms with Crippen LogP contribution in [0.3, 0.4) is 0 Å². The van der Waals surface area contributed by atoms with Crippen LogP contribution in [0.1, 0.15) is 39.3 Å². The summed E-state index contributed by atoms with van der Waals surface area (Å²) in [6.07, 6.45) is 0. The van der Waals surface area contributed by atoms with Crippen molar-refractivity contribution in [3.8, 4) is 0 Å². The summed E-state index contributed by atoms with van der Waals surface area (Å²) in [5.41, 5.74) is 0.821. The Balaban J connectivity index is 2.38. The lowest BCUT2D eigenvalue weighted by Crippen LogP contribution is -2.25. The van der Waals surface area contributed by atoms with Gasteiger partial charge in [0.25, 0.3) is 5.56 Å². The van der Waals surface area contributed by atoms with Gasteiger partial charge in [-0.2, -0.15) is 0 Å². The number of nitrogens with one attached hydrogen (secondary N) is 2. The topological polar surface area (TPSA) is 44.9 Å². The van der Waals surface area contributed by atoms with Crippen molar-refractivity contribution in [1.29, 1.82) is 0 Å². The number of aromatic amines is 1. The van der Waals surface area contributed by atoms with Crippen LogP contribution >= 0.6 is 23.5 Å². The highest BCUT2D eigenvalue weighted by Gasteiger charge is 2.16. The van der Waals surface area contributed by atoms with Crippen LogP contribution in [0.15, 0.2) is 23.0 Å².